The summed E-state index contributed by atoms with van der Waals surface area (Å²) < 4.78 is 0. The van der Waals surface area contributed by atoms with E-state index in [4.69, 9.17) is 46.4 Å². The maximum atomic E-state index is 12.8. The molecule has 5 nitrogen and oxygen atoms in total. The number of anilines is 1. The topological polar surface area (TPSA) is 59.0 Å². The lowest BCUT2D eigenvalue weighted by Gasteiger charge is -2.17. The minimum absolute atomic E-state index is 0.0567. The van der Waals surface area contributed by atoms with Gasteiger partial charge in [0.1, 0.15) is 0 Å². The molecule has 134 valence electrons. The number of rotatable bonds is 4. The number of hydrogen-bond donors (Lipinski definition) is 0. The van der Waals surface area contributed by atoms with E-state index in [-0.39, 0.29) is 12.3 Å². The number of alkyl halides is 2. The van der Waals surface area contributed by atoms with Crippen molar-refractivity contribution in [2.45, 2.75) is 11.4 Å². The molecule has 0 fully saturated rings. The molecule has 1 aliphatic heterocycles. The van der Waals surface area contributed by atoms with Gasteiger partial charge in [0.2, 0.25) is 4.84 Å². The number of oxime groups is 1. The Morgan fingerprint density at radius 1 is 1.08 bits per heavy atom. The van der Waals surface area contributed by atoms with Crippen LogP contribution in [0.4, 0.5) is 5.69 Å². The first kappa shape index (κ1) is 19.0. The average Bonchev–Trinajstić information content (AvgIpc) is 2.85. The van der Waals surface area contributed by atoms with Crippen molar-refractivity contribution in [3.05, 3.63) is 63.6 Å². The second-order valence-corrected chi connectivity index (χ2v) is 7.30. The number of hydrogen-bond acceptors (Lipinski definition) is 4. The fourth-order valence-corrected chi connectivity index (χ4v) is 2.81. The van der Waals surface area contributed by atoms with E-state index in [0.29, 0.717) is 21.3 Å². The first-order valence-electron chi connectivity index (χ1n) is 7.30. The third-order valence-electron chi connectivity index (χ3n) is 3.61. The molecular weight excluding hydrogens is 422 g/mol. The Hall–Kier alpha value is -1.79. The maximum Gasteiger partial charge on any atom is 0.367 e. The summed E-state index contributed by atoms with van der Waals surface area (Å²) in [6.45, 7) is 0.283. The Labute approximate surface area is 169 Å². The Morgan fingerprint density at radius 3 is 2.38 bits per heavy atom. The van der Waals surface area contributed by atoms with Crippen LogP contribution in [0.3, 0.4) is 0 Å². The minimum atomic E-state index is -1.40. The van der Waals surface area contributed by atoms with Crippen molar-refractivity contribution in [2.24, 2.45) is 5.16 Å². The number of amides is 1. The molecule has 0 spiro atoms. The van der Waals surface area contributed by atoms with Crippen LogP contribution < -0.4 is 4.90 Å². The number of benzene rings is 2. The van der Waals surface area contributed by atoms with Crippen LogP contribution in [-0.4, -0.2) is 22.4 Å². The molecule has 2 aromatic rings. The normalized spacial score (nSPS) is 14.9. The van der Waals surface area contributed by atoms with Gasteiger partial charge in [-0.25, -0.2) is 4.79 Å². The lowest BCUT2D eigenvalue weighted by molar-refractivity contribution is -0.141. The van der Waals surface area contributed by atoms with E-state index in [1.54, 1.807) is 30.3 Å². The third-order valence-corrected chi connectivity index (χ3v) is 4.45. The summed E-state index contributed by atoms with van der Waals surface area (Å²) in [5.74, 6) is -1.42. The molecule has 9 heteroatoms. The molecule has 1 aliphatic rings. The Balaban J connectivity index is 1.95. The predicted octanol–water partition coefficient (Wildman–Crippen LogP) is 4.59. The van der Waals surface area contributed by atoms with Crippen LogP contribution in [0.15, 0.2) is 47.6 Å². The van der Waals surface area contributed by atoms with E-state index in [1.807, 2.05) is 12.1 Å². The molecule has 0 unspecified atom stereocenters. The molecule has 0 atom stereocenters. The summed E-state index contributed by atoms with van der Waals surface area (Å²) in [6, 6.07) is 12.0. The van der Waals surface area contributed by atoms with Crippen LogP contribution in [0.25, 0.3) is 0 Å². The van der Waals surface area contributed by atoms with Crippen LogP contribution in [0.5, 0.6) is 0 Å². The zero-order chi connectivity index (χ0) is 18.8. The lowest BCUT2D eigenvalue weighted by Crippen LogP contribution is -2.30. The molecule has 2 aromatic carbocycles. The highest BCUT2D eigenvalue weighted by atomic mass is 35.5. The summed E-state index contributed by atoms with van der Waals surface area (Å²) in [4.78, 5) is 29.0. The van der Waals surface area contributed by atoms with Gasteiger partial charge >= 0.3 is 5.97 Å². The lowest BCUT2D eigenvalue weighted by atomic mass is 10.1. The zero-order valence-electron chi connectivity index (χ0n) is 13.0. The number of fused-ring (bicyclic) bond motifs is 1. The van der Waals surface area contributed by atoms with E-state index < -0.39 is 16.7 Å². The molecule has 0 aliphatic carbocycles. The van der Waals surface area contributed by atoms with Gasteiger partial charge in [-0.3, -0.25) is 4.79 Å². The maximum absolute atomic E-state index is 12.8. The molecule has 1 heterocycles. The first-order chi connectivity index (χ1) is 12.4. The summed E-state index contributed by atoms with van der Waals surface area (Å²) in [6.07, 6.45) is 0. The molecule has 0 N–H and O–H groups in total. The second kappa shape index (κ2) is 7.84. The molecular formula is C17H10Cl4N2O3. The van der Waals surface area contributed by atoms with Crippen molar-refractivity contribution in [2.75, 3.05) is 4.90 Å². The number of nitrogens with zero attached hydrogens (tertiary/aromatic N) is 2. The Bertz CT molecular complexity index is 897. The largest absolute Gasteiger partial charge is 0.367 e. The molecule has 0 radical (unpaired) electrons. The van der Waals surface area contributed by atoms with Crippen molar-refractivity contribution in [3.63, 3.8) is 0 Å². The number of carbonyl (C=O) groups excluding carboxylic acids is 2. The van der Waals surface area contributed by atoms with E-state index in [0.717, 1.165) is 5.56 Å². The van der Waals surface area contributed by atoms with Gasteiger partial charge in [0.15, 0.2) is 5.71 Å². The highest BCUT2D eigenvalue weighted by molar-refractivity contribution is 6.55. The Morgan fingerprint density at radius 2 is 1.73 bits per heavy atom. The van der Waals surface area contributed by atoms with Crippen LogP contribution in [-0.2, 0) is 21.0 Å². The van der Waals surface area contributed by atoms with Crippen molar-refractivity contribution in [1.29, 1.82) is 0 Å². The highest BCUT2D eigenvalue weighted by Crippen LogP contribution is 2.33. The molecule has 0 saturated heterocycles. The van der Waals surface area contributed by atoms with Crippen LogP contribution in [0.2, 0.25) is 10.0 Å². The van der Waals surface area contributed by atoms with Gasteiger partial charge < -0.3 is 9.74 Å². The van der Waals surface area contributed by atoms with Gasteiger partial charge in [-0.15, -0.1) is 0 Å². The van der Waals surface area contributed by atoms with Gasteiger partial charge in [-0.05, 0) is 35.9 Å². The molecule has 3 rings (SSSR count). The molecule has 0 saturated carbocycles. The second-order valence-electron chi connectivity index (χ2n) is 5.33. The first-order valence-corrected chi connectivity index (χ1v) is 8.93. The van der Waals surface area contributed by atoms with E-state index in [1.165, 1.54) is 4.90 Å². The van der Waals surface area contributed by atoms with E-state index >= 15 is 0 Å². The predicted molar refractivity (Wildman–Crippen MR) is 102 cm³/mol. The molecule has 1 amide bonds. The van der Waals surface area contributed by atoms with Crippen molar-refractivity contribution in [1.82, 2.24) is 0 Å². The summed E-state index contributed by atoms with van der Waals surface area (Å²) in [5, 5.41) is 4.65. The van der Waals surface area contributed by atoms with Crippen molar-refractivity contribution in [3.8, 4) is 0 Å². The van der Waals surface area contributed by atoms with Gasteiger partial charge in [-0.2, -0.15) is 0 Å². The van der Waals surface area contributed by atoms with Gasteiger partial charge in [0.25, 0.3) is 5.91 Å². The third kappa shape index (κ3) is 3.96. The van der Waals surface area contributed by atoms with Crippen LogP contribution >= 0.6 is 46.4 Å². The highest BCUT2D eigenvalue weighted by Gasteiger charge is 2.35. The number of carbonyl (C=O) groups is 2. The fraction of sp³-hybridized carbons (Fsp3) is 0.118. The summed E-state index contributed by atoms with van der Waals surface area (Å²) in [5.41, 5.74) is 1.85. The van der Waals surface area contributed by atoms with Crippen molar-refractivity contribution < 1.29 is 14.4 Å². The summed E-state index contributed by atoms with van der Waals surface area (Å²) in [7, 11) is 0. The zero-order valence-corrected chi connectivity index (χ0v) is 16.0. The molecule has 0 bridgehead atoms. The molecule has 0 aromatic heterocycles. The van der Waals surface area contributed by atoms with Gasteiger partial charge in [0, 0.05) is 15.6 Å². The van der Waals surface area contributed by atoms with E-state index in [9.17, 15) is 9.59 Å². The smallest absolute Gasteiger partial charge is 0.314 e. The minimum Gasteiger partial charge on any atom is -0.314 e. The molecule has 26 heavy (non-hydrogen) atoms. The average molecular weight is 432 g/mol. The Kier molecular flexibility index (Phi) is 5.73. The van der Waals surface area contributed by atoms with Crippen molar-refractivity contribution >= 4 is 69.7 Å². The van der Waals surface area contributed by atoms with Crippen LogP contribution in [0, 0.1) is 0 Å². The van der Waals surface area contributed by atoms with Gasteiger partial charge in [0.05, 0.1) is 12.2 Å². The summed E-state index contributed by atoms with van der Waals surface area (Å²) >= 11 is 22.8. The number of halogens is 4. The van der Waals surface area contributed by atoms with E-state index in [2.05, 4.69) is 9.99 Å². The van der Waals surface area contributed by atoms with Crippen LogP contribution in [0.1, 0.15) is 11.1 Å². The quantitative estimate of drug-likeness (QED) is 0.404. The SMILES string of the molecule is O=C(ON=C1C(=O)N(Cc2ccc(Cl)cc2)c2ccc(Cl)cc21)C(Cl)Cl. The standard InChI is InChI=1S/C17H10Cl4N2O3/c18-10-3-1-9(2-4-10)8-23-13-6-5-11(19)7-12(13)14(16(23)24)22-26-17(25)15(20)21/h1-7,15H,8H2. The van der Waals surface area contributed by atoms with Gasteiger partial charge in [-0.1, -0.05) is 63.7 Å². The monoisotopic (exact) mass is 430 g/mol. The fourth-order valence-electron chi connectivity index (χ4n) is 2.43.